The van der Waals surface area contributed by atoms with E-state index in [0.717, 1.165) is 18.0 Å². The van der Waals surface area contributed by atoms with Crippen LogP contribution in [0.3, 0.4) is 0 Å². The molecule has 0 saturated carbocycles. The molecule has 0 radical (unpaired) electrons. The van der Waals surface area contributed by atoms with Crippen molar-refractivity contribution in [2.75, 3.05) is 34.2 Å². The van der Waals surface area contributed by atoms with Crippen molar-refractivity contribution in [3.05, 3.63) is 22.4 Å². The first-order valence-electron chi connectivity index (χ1n) is 8.64. The zero-order valence-electron chi connectivity index (χ0n) is 14.9. The molecule has 2 fully saturated rings. The van der Waals surface area contributed by atoms with Gasteiger partial charge in [0.25, 0.3) is 0 Å². The molecule has 1 aromatic rings. The van der Waals surface area contributed by atoms with Gasteiger partial charge in [0, 0.05) is 37.5 Å². The summed E-state index contributed by atoms with van der Waals surface area (Å²) in [7, 11) is 5.99. The molecule has 24 heavy (non-hydrogen) atoms. The van der Waals surface area contributed by atoms with Crippen molar-refractivity contribution in [2.45, 2.75) is 31.8 Å². The average Bonchev–Trinajstić information content (AvgIpc) is 3.18. The van der Waals surface area contributed by atoms with Crippen LogP contribution in [0.2, 0.25) is 0 Å². The van der Waals surface area contributed by atoms with Gasteiger partial charge in [0.05, 0.1) is 12.0 Å². The molecule has 0 aliphatic carbocycles. The van der Waals surface area contributed by atoms with Crippen LogP contribution in [-0.4, -0.2) is 66.8 Å². The number of carbonyl (C=O) groups excluding carboxylic acids is 2. The quantitative estimate of drug-likeness (QED) is 0.839. The van der Waals surface area contributed by atoms with E-state index in [1.54, 1.807) is 16.2 Å². The lowest BCUT2D eigenvalue weighted by Gasteiger charge is -2.39. The Bertz CT molecular complexity index is 601. The summed E-state index contributed by atoms with van der Waals surface area (Å²) in [5, 5.41) is 2.02. The summed E-state index contributed by atoms with van der Waals surface area (Å²) in [5.74, 6) is 0.703. The summed E-state index contributed by atoms with van der Waals surface area (Å²) in [6.07, 6.45) is 1.12. The van der Waals surface area contributed by atoms with Crippen molar-refractivity contribution in [1.82, 2.24) is 14.7 Å². The highest BCUT2D eigenvalue weighted by molar-refractivity contribution is 7.10. The fraction of sp³-hybridized carbons (Fsp3) is 0.667. The third-order valence-electron chi connectivity index (χ3n) is 5.56. The normalized spacial score (nSPS) is 31.1. The topological polar surface area (TPSA) is 43.9 Å². The fourth-order valence-electron chi connectivity index (χ4n) is 4.18. The zero-order valence-corrected chi connectivity index (χ0v) is 15.8. The van der Waals surface area contributed by atoms with Gasteiger partial charge in [-0.25, -0.2) is 0 Å². The highest BCUT2D eigenvalue weighted by atomic mass is 32.1. The summed E-state index contributed by atoms with van der Waals surface area (Å²) >= 11 is 1.63. The second kappa shape index (κ2) is 6.84. The summed E-state index contributed by atoms with van der Waals surface area (Å²) < 4.78 is 0. The van der Waals surface area contributed by atoms with E-state index in [1.807, 2.05) is 29.5 Å². The van der Waals surface area contributed by atoms with Crippen molar-refractivity contribution in [2.24, 2.45) is 11.8 Å². The van der Waals surface area contributed by atoms with Crippen LogP contribution in [-0.2, 0) is 9.59 Å². The standard InChI is InChI=1S/C18H27N3O2S/c1-12-10-21(11-14(12)19(2)3)18(23)13-7-8-16(22)20(4)17(13)15-6-5-9-24-15/h5-6,9,12-14,17H,7-8,10-11H2,1-4H3. The summed E-state index contributed by atoms with van der Waals surface area (Å²) in [6, 6.07) is 4.33. The maximum absolute atomic E-state index is 13.2. The number of piperidine rings is 1. The lowest BCUT2D eigenvalue weighted by atomic mass is 9.87. The summed E-state index contributed by atoms with van der Waals surface area (Å²) in [5.41, 5.74) is 0. The molecule has 3 rings (SSSR count). The molecule has 0 aromatic carbocycles. The van der Waals surface area contributed by atoms with E-state index in [9.17, 15) is 9.59 Å². The van der Waals surface area contributed by atoms with Crippen LogP contribution in [0.1, 0.15) is 30.7 Å². The molecular weight excluding hydrogens is 322 g/mol. The highest BCUT2D eigenvalue weighted by Gasteiger charge is 2.43. The van der Waals surface area contributed by atoms with Crippen LogP contribution in [0.25, 0.3) is 0 Å². The minimum atomic E-state index is -0.125. The lowest BCUT2D eigenvalue weighted by molar-refractivity contribution is -0.146. The first-order chi connectivity index (χ1) is 11.4. The molecule has 6 heteroatoms. The molecule has 2 saturated heterocycles. The molecule has 0 N–H and O–H groups in total. The zero-order chi connectivity index (χ0) is 17.4. The van der Waals surface area contributed by atoms with Crippen LogP contribution in [0, 0.1) is 11.8 Å². The van der Waals surface area contributed by atoms with E-state index in [0.29, 0.717) is 24.8 Å². The third-order valence-corrected chi connectivity index (χ3v) is 6.50. The maximum Gasteiger partial charge on any atom is 0.228 e. The van der Waals surface area contributed by atoms with E-state index >= 15 is 0 Å². The minimum absolute atomic E-state index is 0.118. The molecular formula is C18H27N3O2S. The fourth-order valence-corrected chi connectivity index (χ4v) is 5.11. The van der Waals surface area contributed by atoms with Gasteiger partial charge in [0.1, 0.15) is 0 Å². The Hall–Kier alpha value is -1.40. The van der Waals surface area contributed by atoms with Gasteiger partial charge in [-0.3, -0.25) is 9.59 Å². The molecule has 2 aliphatic rings. The lowest BCUT2D eigenvalue weighted by Crippen LogP contribution is -2.47. The van der Waals surface area contributed by atoms with Crippen molar-refractivity contribution < 1.29 is 9.59 Å². The number of thiophene rings is 1. The van der Waals surface area contributed by atoms with E-state index in [1.165, 1.54) is 0 Å². The molecule has 3 heterocycles. The molecule has 132 valence electrons. The number of likely N-dealkylation sites (tertiary alicyclic amines) is 2. The van der Waals surface area contributed by atoms with Gasteiger partial charge in [0.2, 0.25) is 11.8 Å². The molecule has 5 nitrogen and oxygen atoms in total. The Morgan fingerprint density at radius 1 is 1.33 bits per heavy atom. The predicted octanol–water partition coefficient (Wildman–Crippen LogP) is 2.07. The molecule has 4 unspecified atom stereocenters. The van der Waals surface area contributed by atoms with Gasteiger partial charge in [-0.2, -0.15) is 0 Å². The Kier molecular flexibility index (Phi) is 4.97. The smallest absolute Gasteiger partial charge is 0.228 e. The molecule has 0 bridgehead atoms. The van der Waals surface area contributed by atoms with Crippen molar-refractivity contribution >= 4 is 23.2 Å². The van der Waals surface area contributed by atoms with Crippen molar-refractivity contribution in [1.29, 1.82) is 0 Å². The van der Waals surface area contributed by atoms with E-state index in [2.05, 4.69) is 25.9 Å². The van der Waals surface area contributed by atoms with Crippen molar-refractivity contribution in [3.8, 4) is 0 Å². The summed E-state index contributed by atoms with van der Waals surface area (Å²) in [6.45, 7) is 3.82. The number of hydrogen-bond acceptors (Lipinski definition) is 4. The van der Waals surface area contributed by atoms with Crippen LogP contribution in [0.4, 0.5) is 0 Å². The Balaban J connectivity index is 1.81. The molecule has 1 aromatic heterocycles. The highest BCUT2D eigenvalue weighted by Crippen LogP contribution is 2.39. The Morgan fingerprint density at radius 3 is 2.67 bits per heavy atom. The van der Waals surface area contributed by atoms with Gasteiger partial charge < -0.3 is 14.7 Å². The van der Waals surface area contributed by atoms with Gasteiger partial charge >= 0.3 is 0 Å². The van der Waals surface area contributed by atoms with Crippen LogP contribution < -0.4 is 0 Å². The number of nitrogens with zero attached hydrogens (tertiary/aromatic N) is 3. The van der Waals surface area contributed by atoms with Gasteiger partial charge in [-0.05, 0) is 37.9 Å². The van der Waals surface area contributed by atoms with E-state index < -0.39 is 0 Å². The minimum Gasteiger partial charge on any atom is -0.340 e. The first-order valence-corrected chi connectivity index (χ1v) is 9.52. The molecule has 2 aliphatic heterocycles. The number of likely N-dealkylation sites (N-methyl/N-ethyl adjacent to an activating group) is 1. The van der Waals surface area contributed by atoms with Crippen molar-refractivity contribution in [3.63, 3.8) is 0 Å². The molecule has 0 spiro atoms. The van der Waals surface area contributed by atoms with Crippen LogP contribution in [0.15, 0.2) is 17.5 Å². The van der Waals surface area contributed by atoms with E-state index in [4.69, 9.17) is 0 Å². The summed E-state index contributed by atoms with van der Waals surface area (Å²) in [4.78, 5) is 32.5. The molecule has 2 amide bonds. The average molecular weight is 350 g/mol. The number of amides is 2. The first kappa shape index (κ1) is 17.4. The Morgan fingerprint density at radius 2 is 2.08 bits per heavy atom. The second-order valence-electron chi connectivity index (χ2n) is 7.36. The van der Waals surface area contributed by atoms with E-state index in [-0.39, 0.29) is 23.8 Å². The van der Waals surface area contributed by atoms with Crippen LogP contribution in [0.5, 0.6) is 0 Å². The number of carbonyl (C=O) groups is 2. The predicted molar refractivity (Wildman–Crippen MR) is 95.8 cm³/mol. The molecule has 4 atom stereocenters. The largest absolute Gasteiger partial charge is 0.340 e. The third kappa shape index (κ3) is 3.09. The van der Waals surface area contributed by atoms with Crippen LogP contribution >= 0.6 is 11.3 Å². The number of hydrogen-bond donors (Lipinski definition) is 0. The van der Waals surface area contributed by atoms with Gasteiger partial charge in [-0.15, -0.1) is 11.3 Å². The maximum atomic E-state index is 13.2. The SMILES string of the molecule is CC1CN(C(=O)C2CCC(=O)N(C)C2c2cccs2)CC1N(C)C. The van der Waals surface area contributed by atoms with Gasteiger partial charge in [0.15, 0.2) is 0 Å². The second-order valence-corrected chi connectivity index (χ2v) is 8.34. The Labute approximate surface area is 148 Å². The number of rotatable bonds is 3. The monoisotopic (exact) mass is 349 g/mol. The van der Waals surface area contributed by atoms with Gasteiger partial charge in [-0.1, -0.05) is 13.0 Å².